The third-order valence-corrected chi connectivity index (χ3v) is 6.09. The summed E-state index contributed by atoms with van der Waals surface area (Å²) in [6.07, 6.45) is 8.84. The first-order valence-electron chi connectivity index (χ1n) is 11.7. The van der Waals surface area contributed by atoms with E-state index in [1.165, 1.54) is 18.5 Å². The van der Waals surface area contributed by atoms with Crippen molar-refractivity contribution in [1.82, 2.24) is 34.7 Å². The molecule has 0 aliphatic heterocycles. The second-order valence-electron chi connectivity index (χ2n) is 8.36. The fraction of sp³-hybridized carbons (Fsp3) is 0.400. The molecule has 0 saturated carbocycles. The van der Waals surface area contributed by atoms with Crippen LogP contribution in [0.1, 0.15) is 56.5 Å². The Balaban J connectivity index is 1.63. The molecule has 3 aromatic heterocycles. The zero-order valence-electron chi connectivity index (χ0n) is 19.6. The Kier molecular flexibility index (Phi) is 7.12. The van der Waals surface area contributed by atoms with Gasteiger partial charge in [-0.3, -0.25) is 14.1 Å². The number of benzene rings is 1. The van der Waals surface area contributed by atoms with Gasteiger partial charge in [-0.15, -0.1) is 10.2 Å². The van der Waals surface area contributed by atoms with Gasteiger partial charge in [0.05, 0.1) is 6.54 Å². The van der Waals surface area contributed by atoms with E-state index in [-0.39, 0.29) is 5.69 Å². The third-order valence-electron chi connectivity index (χ3n) is 6.09. The summed E-state index contributed by atoms with van der Waals surface area (Å²) in [4.78, 5) is 17.4. The van der Waals surface area contributed by atoms with Gasteiger partial charge in [-0.1, -0.05) is 51.0 Å². The van der Waals surface area contributed by atoms with Crippen molar-refractivity contribution < 1.29 is 0 Å². The maximum atomic E-state index is 13.2. The number of hydrogen-bond acceptors (Lipinski definition) is 5. The second kappa shape index (κ2) is 10.4. The number of rotatable bonds is 10. The number of hydrogen-bond donors (Lipinski definition) is 1. The molecule has 0 amide bonds. The molecule has 3 heterocycles. The highest BCUT2D eigenvalue weighted by Crippen LogP contribution is 2.29. The van der Waals surface area contributed by atoms with Gasteiger partial charge in [0.1, 0.15) is 0 Å². The molecular weight excluding hydrogens is 414 g/mol. The van der Waals surface area contributed by atoms with Crippen LogP contribution in [-0.2, 0) is 19.5 Å². The van der Waals surface area contributed by atoms with Gasteiger partial charge in [0.2, 0.25) is 5.82 Å². The number of imidazole rings is 1. The lowest BCUT2D eigenvalue weighted by Crippen LogP contribution is -2.26. The number of nitrogens with one attached hydrogen (secondary N) is 1. The molecule has 172 valence electrons. The van der Waals surface area contributed by atoms with Crippen molar-refractivity contribution in [1.29, 1.82) is 0 Å². The first-order chi connectivity index (χ1) is 16.1. The van der Waals surface area contributed by atoms with Gasteiger partial charge in [0, 0.05) is 35.9 Å². The minimum Gasteiger partial charge on any atom is -0.296 e. The van der Waals surface area contributed by atoms with Crippen molar-refractivity contribution in [2.24, 2.45) is 0 Å². The maximum Gasteiger partial charge on any atom is 0.328 e. The van der Waals surface area contributed by atoms with E-state index >= 15 is 0 Å². The van der Waals surface area contributed by atoms with E-state index in [0.29, 0.717) is 12.4 Å². The number of nitrogens with zero attached hydrogens (tertiary/aromatic N) is 6. The lowest BCUT2D eigenvalue weighted by Gasteiger charge is -2.10. The summed E-state index contributed by atoms with van der Waals surface area (Å²) >= 11 is 0. The van der Waals surface area contributed by atoms with Crippen molar-refractivity contribution in [3.8, 4) is 22.5 Å². The van der Waals surface area contributed by atoms with Crippen LogP contribution in [0.25, 0.3) is 22.5 Å². The summed E-state index contributed by atoms with van der Waals surface area (Å²) in [6.45, 7) is 7.74. The molecule has 0 unspecified atom stereocenters. The van der Waals surface area contributed by atoms with Crippen LogP contribution in [0.3, 0.4) is 0 Å². The Hall–Kier alpha value is -3.55. The molecule has 0 bridgehead atoms. The lowest BCUT2D eigenvalue weighted by atomic mass is 10.00. The predicted octanol–water partition coefficient (Wildman–Crippen LogP) is 4.39. The molecule has 0 aliphatic carbocycles. The van der Waals surface area contributed by atoms with Crippen LogP contribution < -0.4 is 5.69 Å². The second-order valence-corrected chi connectivity index (χ2v) is 8.36. The first-order valence-corrected chi connectivity index (χ1v) is 11.7. The van der Waals surface area contributed by atoms with Gasteiger partial charge >= 0.3 is 5.69 Å². The van der Waals surface area contributed by atoms with Crippen LogP contribution in [0, 0.1) is 6.92 Å². The van der Waals surface area contributed by atoms with E-state index in [0.717, 1.165) is 53.8 Å². The fourth-order valence-corrected chi connectivity index (χ4v) is 4.34. The van der Waals surface area contributed by atoms with Gasteiger partial charge < -0.3 is 0 Å². The zero-order valence-corrected chi connectivity index (χ0v) is 19.6. The molecule has 0 atom stereocenters. The maximum absolute atomic E-state index is 13.2. The Morgan fingerprint density at radius 1 is 0.970 bits per heavy atom. The van der Waals surface area contributed by atoms with Crippen LogP contribution >= 0.6 is 0 Å². The molecule has 33 heavy (non-hydrogen) atoms. The monoisotopic (exact) mass is 445 g/mol. The van der Waals surface area contributed by atoms with Gasteiger partial charge in [-0.25, -0.2) is 4.79 Å². The summed E-state index contributed by atoms with van der Waals surface area (Å²) in [7, 11) is 0. The predicted molar refractivity (Wildman–Crippen MR) is 129 cm³/mol. The van der Waals surface area contributed by atoms with Crippen molar-refractivity contribution in [2.45, 2.75) is 66.0 Å². The van der Waals surface area contributed by atoms with Crippen LogP contribution in [0.5, 0.6) is 0 Å². The molecular formula is C25H31N7O. The molecule has 0 radical (unpaired) electrons. The molecule has 0 saturated heterocycles. The highest BCUT2D eigenvalue weighted by Gasteiger charge is 2.17. The molecule has 1 N–H and O–H groups in total. The molecule has 4 rings (SSSR count). The van der Waals surface area contributed by atoms with Gasteiger partial charge in [0.15, 0.2) is 0 Å². The van der Waals surface area contributed by atoms with E-state index in [4.69, 9.17) is 0 Å². The topological polar surface area (TPSA) is 94.3 Å². The van der Waals surface area contributed by atoms with Crippen LogP contribution in [-0.4, -0.2) is 34.7 Å². The quantitative estimate of drug-likeness (QED) is 0.365. The Labute approximate surface area is 193 Å². The molecule has 0 fully saturated rings. The summed E-state index contributed by atoms with van der Waals surface area (Å²) in [5, 5.41) is 14.3. The standard InChI is InChI=1S/C25H31N7O/c1-4-6-7-8-23-18(3)31(15-5-2)25(33)32(23)17-19-9-11-20(12-10-19)21-13-14-26-16-22(21)24-27-29-30-28-24/h9-14,16H,4-8,15,17H2,1-3H3,(H,27,28,29,30). The molecule has 8 nitrogen and oxygen atoms in total. The summed E-state index contributed by atoms with van der Waals surface area (Å²) < 4.78 is 3.90. The average Bonchev–Trinajstić information content (AvgIpc) is 3.45. The number of tetrazole rings is 1. The highest BCUT2D eigenvalue weighted by molar-refractivity contribution is 5.79. The van der Waals surface area contributed by atoms with Gasteiger partial charge in [0.25, 0.3) is 0 Å². The van der Waals surface area contributed by atoms with Crippen molar-refractivity contribution in [3.05, 3.63) is 70.2 Å². The zero-order chi connectivity index (χ0) is 23.2. The Morgan fingerprint density at radius 3 is 2.48 bits per heavy atom. The van der Waals surface area contributed by atoms with Crippen molar-refractivity contribution in [3.63, 3.8) is 0 Å². The number of aromatic nitrogens is 7. The van der Waals surface area contributed by atoms with Gasteiger partial charge in [-0.05, 0) is 54.2 Å². The number of aromatic amines is 1. The number of unbranched alkanes of at least 4 members (excludes halogenated alkanes) is 2. The smallest absolute Gasteiger partial charge is 0.296 e. The summed E-state index contributed by atoms with van der Waals surface area (Å²) in [5.74, 6) is 0.512. The molecule has 4 aromatic rings. The van der Waals surface area contributed by atoms with Crippen molar-refractivity contribution >= 4 is 0 Å². The van der Waals surface area contributed by atoms with Crippen LogP contribution in [0.4, 0.5) is 0 Å². The first kappa shape index (κ1) is 22.6. The fourth-order valence-electron chi connectivity index (χ4n) is 4.34. The molecule has 1 aromatic carbocycles. The largest absolute Gasteiger partial charge is 0.328 e. The average molecular weight is 446 g/mol. The third kappa shape index (κ3) is 4.79. The lowest BCUT2D eigenvalue weighted by molar-refractivity contribution is 0.610. The molecule has 0 aliphatic rings. The van der Waals surface area contributed by atoms with E-state index in [9.17, 15) is 4.79 Å². The van der Waals surface area contributed by atoms with Crippen molar-refractivity contribution in [2.75, 3.05) is 0 Å². The Morgan fingerprint density at radius 2 is 1.79 bits per heavy atom. The van der Waals surface area contributed by atoms with Crippen LogP contribution in [0.2, 0.25) is 0 Å². The van der Waals surface area contributed by atoms with E-state index in [1.807, 2.05) is 15.2 Å². The Bertz CT molecular complexity index is 1240. The SMILES string of the molecule is CCCCCc1c(C)n(CCC)c(=O)n1Cc1ccc(-c2ccncc2-c2nn[nH]n2)cc1. The summed E-state index contributed by atoms with van der Waals surface area (Å²) in [6, 6.07) is 10.3. The van der Waals surface area contributed by atoms with E-state index in [1.54, 1.807) is 12.4 Å². The van der Waals surface area contributed by atoms with E-state index in [2.05, 4.69) is 70.6 Å². The summed E-state index contributed by atoms with van der Waals surface area (Å²) in [5.41, 5.74) is 6.31. The minimum absolute atomic E-state index is 0.0958. The number of pyridine rings is 1. The highest BCUT2D eigenvalue weighted by atomic mass is 16.1. The van der Waals surface area contributed by atoms with Gasteiger partial charge in [-0.2, -0.15) is 5.21 Å². The molecule has 0 spiro atoms. The van der Waals surface area contributed by atoms with Crippen LogP contribution in [0.15, 0.2) is 47.5 Å². The minimum atomic E-state index is 0.0958. The molecule has 8 heteroatoms. The number of H-pyrrole nitrogens is 1. The normalized spacial score (nSPS) is 11.2. The van der Waals surface area contributed by atoms with E-state index < -0.39 is 0 Å².